The van der Waals surface area contributed by atoms with Gasteiger partial charge in [-0.05, 0) is 73.6 Å². The molecular formula is C29H40N6. The second-order valence-corrected chi connectivity index (χ2v) is 12.0. The molecule has 1 aliphatic carbocycles. The molecule has 0 aliphatic heterocycles. The Balaban J connectivity index is 1.47. The van der Waals surface area contributed by atoms with Crippen molar-refractivity contribution in [3.05, 3.63) is 47.2 Å². The molecule has 0 radical (unpaired) electrons. The van der Waals surface area contributed by atoms with Crippen LogP contribution < -0.4 is 5.32 Å². The standard InChI is InChI=1S/C29H40N6/c1-17(2)26-22-12-24(20-8-10-21(11-9-20)31-15-29(5,6)7)30-13-25(22)34-27(26)23-14-35-28(32-16-33-35)19(4)18(23)3/h12-14,16-17,20-21,31,34H,8-11,15H2,1-7H3. The van der Waals surface area contributed by atoms with E-state index < -0.39 is 0 Å². The van der Waals surface area contributed by atoms with Gasteiger partial charge in [0.2, 0.25) is 0 Å². The van der Waals surface area contributed by atoms with Crippen LogP contribution in [0.2, 0.25) is 0 Å². The molecule has 1 saturated carbocycles. The molecule has 2 N–H and O–H groups in total. The first kappa shape index (κ1) is 24.0. The molecular weight excluding hydrogens is 432 g/mol. The van der Waals surface area contributed by atoms with E-state index in [4.69, 9.17) is 4.98 Å². The molecule has 6 nitrogen and oxygen atoms in total. The number of rotatable bonds is 5. The Morgan fingerprint density at radius 3 is 2.51 bits per heavy atom. The average Bonchev–Trinajstić information content (AvgIpc) is 3.44. The molecule has 0 amide bonds. The van der Waals surface area contributed by atoms with Gasteiger partial charge in [0, 0.05) is 41.3 Å². The van der Waals surface area contributed by atoms with E-state index in [1.54, 1.807) is 6.33 Å². The summed E-state index contributed by atoms with van der Waals surface area (Å²) >= 11 is 0. The van der Waals surface area contributed by atoms with Crippen molar-refractivity contribution < 1.29 is 0 Å². The highest BCUT2D eigenvalue weighted by Gasteiger charge is 2.26. The maximum atomic E-state index is 4.95. The third-order valence-corrected chi connectivity index (χ3v) is 7.78. The molecule has 0 aromatic carbocycles. The number of fused-ring (bicyclic) bond motifs is 2. The number of pyridine rings is 2. The Hall–Kier alpha value is -2.73. The Morgan fingerprint density at radius 2 is 1.83 bits per heavy atom. The summed E-state index contributed by atoms with van der Waals surface area (Å²) < 4.78 is 1.89. The van der Waals surface area contributed by atoms with Crippen LogP contribution in [0.15, 0.2) is 24.8 Å². The van der Waals surface area contributed by atoms with Crippen LogP contribution >= 0.6 is 0 Å². The van der Waals surface area contributed by atoms with Crippen molar-refractivity contribution >= 4 is 16.6 Å². The molecule has 186 valence electrons. The van der Waals surface area contributed by atoms with Crippen LogP contribution in [0, 0.1) is 19.3 Å². The summed E-state index contributed by atoms with van der Waals surface area (Å²) in [6.45, 7) is 16.9. The van der Waals surface area contributed by atoms with E-state index in [1.807, 2.05) is 4.52 Å². The second kappa shape index (κ2) is 9.05. The van der Waals surface area contributed by atoms with E-state index in [0.29, 0.717) is 23.3 Å². The maximum Gasteiger partial charge on any atom is 0.158 e. The van der Waals surface area contributed by atoms with Crippen LogP contribution in [0.1, 0.15) is 94.5 Å². The highest BCUT2D eigenvalue weighted by molar-refractivity contribution is 5.92. The van der Waals surface area contributed by atoms with E-state index in [9.17, 15) is 0 Å². The van der Waals surface area contributed by atoms with Crippen molar-refractivity contribution in [1.82, 2.24) is 29.9 Å². The van der Waals surface area contributed by atoms with Gasteiger partial charge in [0.1, 0.15) is 6.33 Å². The lowest BCUT2D eigenvalue weighted by Crippen LogP contribution is -2.38. The van der Waals surface area contributed by atoms with Crippen LogP contribution in [-0.2, 0) is 0 Å². The fraction of sp³-hybridized carbons (Fsp3) is 0.552. The summed E-state index contributed by atoms with van der Waals surface area (Å²) in [4.78, 5) is 13.1. The zero-order valence-corrected chi connectivity index (χ0v) is 22.4. The summed E-state index contributed by atoms with van der Waals surface area (Å²) in [5.41, 5.74) is 9.77. The number of nitrogens with one attached hydrogen (secondary N) is 2. The Bertz CT molecular complexity index is 1350. The number of nitrogens with zero attached hydrogens (tertiary/aromatic N) is 4. The number of H-pyrrole nitrogens is 1. The first-order valence-corrected chi connectivity index (χ1v) is 13.2. The smallest absolute Gasteiger partial charge is 0.158 e. The summed E-state index contributed by atoms with van der Waals surface area (Å²) in [6, 6.07) is 3.01. The summed E-state index contributed by atoms with van der Waals surface area (Å²) in [7, 11) is 0. The highest BCUT2D eigenvalue weighted by Crippen LogP contribution is 2.40. The van der Waals surface area contributed by atoms with Crippen LogP contribution in [0.5, 0.6) is 0 Å². The van der Waals surface area contributed by atoms with Gasteiger partial charge in [-0.1, -0.05) is 34.6 Å². The van der Waals surface area contributed by atoms with E-state index in [1.165, 1.54) is 64.7 Å². The third kappa shape index (κ3) is 4.61. The van der Waals surface area contributed by atoms with Crippen LogP contribution in [0.3, 0.4) is 0 Å². The minimum Gasteiger partial charge on any atom is -0.353 e. The highest BCUT2D eigenvalue weighted by atomic mass is 15.3. The van der Waals surface area contributed by atoms with Gasteiger partial charge < -0.3 is 10.3 Å². The van der Waals surface area contributed by atoms with E-state index >= 15 is 0 Å². The van der Waals surface area contributed by atoms with Gasteiger partial charge in [-0.15, -0.1) is 0 Å². The first-order chi connectivity index (χ1) is 16.6. The van der Waals surface area contributed by atoms with Crippen LogP contribution in [-0.4, -0.2) is 37.2 Å². The van der Waals surface area contributed by atoms with Crippen molar-refractivity contribution in [3.63, 3.8) is 0 Å². The molecule has 0 saturated heterocycles. The lowest BCUT2D eigenvalue weighted by atomic mass is 9.83. The van der Waals surface area contributed by atoms with Crippen molar-refractivity contribution in [3.8, 4) is 11.3 Å². The van der Waals surface area contributed by atoms with Crippen molar-refractivity contribution in [2.24, 2.45) is 5.41 Å². The fourth-order valence-electron chi connectivity index (χ4n) is 5.66. The lowest BCUT2D eigenvalue weighted by Gasteiger charge is -2.31. The molecule has 5 rings (SSSR count). The molecule has 6 heteroatoms. The number of aryl methyl sites for hydroxylation is 1. The molecule has 35 heavy (non-hydrogen) atoms. The zero-order valence-electron chi connectivity index (χ0n) is 22.4. The van der Waals surface area contributed by atoms with E-state index in [2.05, 4.69) is 87.3 Å². The SMILES string of the molecule is Cc1c(-c2[nH]c3cnc(C4CCC(NCC(C)(C)C)CC4)cc3c2C(C)C)cn2ncnc2c1C. The molecule has 0 spiro atoms. The fourth-order valence-corrected chi connectivity index (χ4v) is 5.66. The third-order valence-electron chi connectivity index (χ3n) is 7.78. The first-order valence-electron chi connectivity index (χ1n) is 13.2. The number of hydrogen-bond acceptors (Lipinski definition) is 4. The average molecular weight is 473 g/mol. The largest absolute Gasteiger partial charge is 0.353 e. The van der Waals surface area contributed by atoms with E-state index in [0.717, 1.165) is 17.7 Å². The minimum absolute atomic E-state index is 0.331. The van der Waals surface area contributed by atoms with Gasteiger partial charge in [0.05, 0.1) is 17.4 Å². The maximum absolute atomic E-state index is 4.95. The van der Waals surface area contributed by atoms with Crippen LogP contribution in [0.25, 0.3) is 27.8 Å². The molecule has 1 fully saturated rings. The van der Waals surface area contributed by atoms with Gasteiger partial charge in [-0.25, -0.2) is 9.50 Å². The van der Waals surface area contributed by atoms with Gasteiger partial charge in [-0.3, -0.25) is 4.98 Å². The van der Waals surface area contributed by atoms with Gasteiger partial charge in [0.15, 0.2) is 5.65 Å². The summed E-state index contributed by atoms with van der Waals surface area (Å²) in [5, 5.41) is 9.52. The quantitative estimate of drug-likeness (QED) is 0.340. The van der Waals surface area contributed by atoms with Gasteiger partial charge in [0.25, 0.3) is 0 Å². The monoisotopic (exact) mass is 472 g/mol. The number of hydrogen-bond donors (Lipinski definition) is 2. The second-order valence-electron chi connectivity index (χ2n) is 12.0. The topological polar surface area (TPSA) is 70.9 Å². The Labute approximate surface area is 209 Å². The van der Waals surface area contributed by atoms with Gasteiger partial charge >= 0.3 is 0 Å². The molecule has 0 bridgehead atoms. The molecule has 0 unspecified atom stereocenters. The van der Waals surface area contributed by atoms with E-state index in [-0.39, 0.29) is 0 Å². The van der Waals surface area contributed by atoms with Gasteiger partial charge in [-0.2, -0.15) is 5.10 Å². The van der Waals surface area contributed by atoms with Crippen LogP contribution in [0.4, 0.5) is 0 Å². The van der Waals surface area contributed by atoms with Crippen molar-refractivity contribution in [1.29, 1.82) is 0 Å². The molecule has 0 atom stereocenters. The normalized spacial score (nSPS) is 19.3. The Morgan fingerprint density at radius 1 is 1.09 bits per heavy atom. The summed E-state index contributed by atoms with van der Waals surface area (Å²) in [5.74, 6) is 0.929. The number of aromatic amines is 1. The summed E-state index contributed by atoms with van der Waals surface area (Å²) in [6.07, 6.45) is 10.7. The predicted molar refractivity (Wildman–Crippen MR) is 144 cm³/mol. The molecule has 4 aromatic rings. The predicted octanol–water partition coefficient (Wildman–Crippen LogP) is 6.67. The van der Waals surface area contributed by atoms with Crippen molar-refractivity contribution in [2.75, 3.05) is 6.54 Å². The molecule has 4 aromatic heterocycles. The Kier molecular flexibility index (Phi) is 6.20. The minimum atomic E-state index is 0.331. The molecule has 4 heterocycles. The van der Waals surface area contributed by atoms with Crippen molar-refractivity contribution in [2.45, 2.75) is 92.0 Å². The number of aromatic nitrogens is 5. The molecule has 1 aliphatic rings. The lowest BCUT2D eigenvalue weighted by molar-refractivity contribution is 0.292. The zero-order chi connectivity index (χ0) is 24.9.